The van der Waals surface area contributed by atoms with Gasteiger partial charge in [-0.05, 0) is 66.2 Å². The van der Waals surface area contributed by atoms with Crippen LogP contribution in [0.2, 0.25) is 0 Å². The number of ether oxygens (including phenoxy) is 3. The average Bonchev–Trinajstić information content (AvgIpc) is 3.55. The quantitative estimate of drug-likeness (QED) is 0.425. The number of urea groups is 1. The highest BCUT2D eigenvalue weighted by Gasteiger charge is 2.23. The summed E-state index contributed by atoms with van der Waals surface area (Å²) in [5.74, 6) is 1.21. The van der Waals surface area contributed by atoms with E-state index in [1.54, 1.807) is 23.3 Å². The number of fused-ring (bicyclic) bond motifs is 1. The first-order valence-electron chi connectivity index (χ1n) is 11.7. The minimum absolute atomic E-state index is 0.0734. The molecular weight excluding hydrogens is 478 g/mol. The first kappa shape index (κ1) is 25.5. The fourth-order valence-corrected chi connectivity index (χ4v) is 4.54. The number of carbonyl (C=O) groups excluding carboxylic acids is 2. The molecule has 0 aliphatic carbocycles. The van der Waals surface area contributed by atoms with Gasteiger partial charge in [0.25, 0.3) is 0 Å². The van der Waals surface area contributed by atoms with Crippen LogP contribution in [0.1, 0.15) is 21.6 Å². The van der Waals surface area contributed by atoms with Crippen molar-refractivity contribution >= 4 is 29.0 Å². The molecular formula is C27H31N3O5S. The molecule has 0 radical (unpaired) electrons. The van der Waals surface area contributed by atoms with Crippen LogP contribution in [0.5, 0.6) is 11.5 Å². The minimum Gasteiger partial charge on any atom is -0.454 e. The van der Waals surface area contributed by atoms with Crippen LogP contribution >= 0.6 is 11.3 Å². The maximum Gasteiger partial charge on any atom is 0.322 e. The number of thiophene rings is 1. The second kappa shape index (κ2) is 11.9. The lowest BCUT2D eigenvalue weighted by atomic mass is 10.1. The van der Waals surface area contributed by atoms with Crippen molar-refractivity contribution in [3.8, 4) is 11.5 Å². The molecule has 36 heavy (non-hydrogen) atoms. The highest BCUT2D eigenvalue weighted by atomic mass is 32.1. The Morgan fingerprint density at radius 2 is 1.83 bits per heavy atom. The molecule has 0 spiro atoms. The number of nitrogens with one attached hydrogen (secondary N) is 1. The molecule has 9 heteroatoms. The molecule has 2 aromatic carbocycles. The van der Waals surface area contributed by atoms with E-state index in [2.05, 4.69) is 5.32 Å². The zero-order valence-electron chi connectivity index (χ0n) is 20.8. The van der Waals surface area contributed by atoms with Crippen molar-refractivity contribution in [2.45, 2.75) is 26.9 Å². The van der Waals surface area contributed by atoms with Gasteiger partial charge in [0.2, 0.25) is 12.7 Å². The monoisotopic (exact) mass is 509 g/mol. The number of aryl methyl sites for hydroxylation is 2. The van der Waals surface area contributed by atoms with E-state index in [0.29, 0.717) is 36.9 Å². The Kier molecular flexibility index (Phi) is 8.45. The predicted octanol–water partition coefficient (Wildman–Crippen LogP) is 4.80. The first-order valence-corrected chi connectivity index (χ1v) is 12.6. The first-order chi connectivity index (χ1) is 17.4. The lowest BCUT2D eigenvalue weighted by molar-refractivity contribution is -0.133. The molecule has 0 saturated carbocycles. The summed E-state index contributed by atoms with van der Waals surface area (Å²) in [6, 6.07) is 15.0. The summed E-state index contributed by atoms with van der Waals surface area (Å²) in [5, 5.41) is 4.91. The highest BCUT2D eigenvalue weighted by molar-refractivity contribution is 7.09. The van der Waals surface area contributed by atoms with Crippen LogP contribution in [0.15, 0.2) is 53.9 Å². The molecule has 0 fully saturated rings. The lowest BCUT2D eigenvalue weighted by Gasteiger charge is -2.28. The second-order valence-electron chi connectivity index (χ2n) is 8.66. The highest BCUT2D eigenvalue weighted by Crippen LogP contribution is 2.33. The normalized spacial score (nSPS) is 11.9. The van der Waals surface area contributed by atoms with Gasteiger partial charge in [-0.25, -0.2) is 4.79 Å². The number of methoxy groups -OCH3 is 1. The number of amides is 3. The van der Waals surface area contributed by atoms with Crippen LogP contribution in [0.25, 0.3) is 0 Å². The molecule has 1 aliphatic rings. The van der Waals surface area contributed by atoms with E-state index < -0.39 is 0 Å². The Bertz CT molecular complexity index is 1200. The largest absolute Gasteiger partial charge is 0.454 e. The Balaban J connectivity index is 1.49. The van der Waals surface area contributed by atoms with Gasteiger partial charge in [0, 0.05) is 30.8 Å². The Morgan fingerprint density at radius 3 is 2.58 bits per heavy atom. The molecule has 0 atom stereocenters. The minimum atomic E-state index is -0.345. The van der Waals surface area contributed by atoms with Gasteiger partial charge in [0.05, 0.1) is 13.2 Å². The third kappa shape index (κ3) is 6.56. The maximum atomic E-state index is 13.5. The van der Waals surface area contributed by atoms with E-state index in [4.69, 9.17) is 14.2 Å². The lowest BCUT2D eigenvalue weighted by Crippen LogP contribution is -2.45. The van der Waals surface area contributed by atoms with Gasteiger partial charge in [-0.15, -0.1) is 11.3 Å². The summed E-state index contributed by atoms with van der Waals surface area (Å²) in [7, 11) is 1.57. The Labute approximate surface area is 215 Å². The predicted molar refractivity (Wildman–Crippen MR) is 140 cm³/mol. The van der Waals surface area contributed by atoms with Crippen LogP contribution in [-0.4, -0.2) is 55.3 Å². The molecule has 4 rings (SSSR count). The van der Waals surface area contributed by atoms with Crippen LogP contribution < -0.4 is 14.8 Å². The van der Waals surface area contributed by atoms with Gasteiger partial charge in [-0.1, -0.05) is 18.2 Å². The molecule has 8 nitrogen and oxygen atoms in total. The van der Waals surface area contributed by atoms with Gasteiger partial charge in [0.1, 0.15) is 6.54 Å². The van der Waals surface area contributed by atoms with Crippen molar-refractivity contribution in [1.82, 2.24) is 9.80 Å². The van der Waals surface area contributed by atoms with Gasteiger partial charge in [-0.3, -0.25) is 4.79 Å². The van der Waals surface area contributed by atoms with E-state index in [1.165, 1.54) is 4.90 Å². The van der Waals surface area contributed by atoms with Gasteiger partial charge in [0.15, 0.2) is 11.5 Å². The SMILES string of the molecule is COCCN(CC(=O)N(Cc1ccc2c(c1)OCO2)Cc1cccs1)C(=O)Nc1ccc(C)c(C)c1. The zero-order valence-corrected chi connectivity index (χ0v) is 21.6. The van der Waals surface area contributed by atoms with Crippen LogP contribution in [0.3, 0.4) is 0 Å². The number of anilines is 1. The van der Waals surface area contributed by atoms with E-state index in [-0.39, 0.29) is 31.8 Å². The van der Waals surface area contributed by atoms with Crippen LogP contribution in [-0.2, 0) is 22.6 Å². The number of nitrogens with zero attached hydrogens (tertiary/aromatic N) is 2. The summed E-state index contributed by atoms with van der Waals surface area (Å²) in [6.45, 7) is 5.57. The molecule has 1 aliphatic heterocycles. The van der Waals surface area contributed by atoms with E-state index in [1.807, 2.05) is 67.8 Å². The van der Waals surface area contributed by atoms with Gasteiger partial charge in [-0.2, -0.15) is 0 Å². The van der Waals surface area contributed by atoms with Crippen LogP contribution in [0, 0.1) is 13.8 Å². The van der Waals surface area contributed by atoms with E-state index in [0.717, 1.165) is 21.6 Å². The molecule has 1 aromatic heterocycles. The molecule has 0 unspecified atom stereocenters. The van der Waals surface area contributed by atoms with Gasteiger partial charge < -0.3 is 29.3 Å². The molecule has 190 valence electrons. The maximum absolute atomic E-state index is 13.5. The summed E-state index contributed by atoms with van der Waals surface area (Å²) >= 11 is 1.59. The second-order valence-corrected chi connectivity index (χ2v) is 9.69. The van der Waals surface area contributed by atoms with Crippen molar-refractivity contribution in [2.24, 2.45) is 0 Å². The molecule has 3 aromatic rings. The fraction of sp³-hybridized carbons (Fsp3) is 0.333. The van der Waals surface area contributed by atoms with E-state index in [9.17, 15) is 9.59 Å². The smallest absolute Gasteiger partial charge is 0.322 e. The number of benzene rings is 2. The van der Waals surface area contributed by atoms with E-state index >= 15 is 0 Å². The van der Waals surface area contributed by atoms with Crippen molar-refractivity contribution in [3.05, 3.63) is 75.5 Å². The summed E-state index contributed by atoms with van der Waals surface area (Å²) in [5.41, 5.74) is 3.84. The molecule has 1 N–H and O–H groups in total. The summed E-state index contributed by atoms with van der Waals surface area (Å²) in [4.78, 5) is 31.0. The van der Waals surface area contributed by atoms with Crippen molar-refractivity contribution in [3.63, 3.8) is 0 Å². The standard InChI is InChI=1S/C27H31N3O5S/c1-19-6-8-22(13-20(19)2)28-27(32)29(10-11-33-3)17-26(31)30(16-23-5-4-12-36-23)15-21-7-9-24-25(14-21)35-18-34-24/h4-9,12-14H,10-11,15-18H2,1-3H3,(H,28,32). The fourth-order valence-electron chi connectivity index (χ4n) is 3.82. The zero-order chi connectivity index (χ0) is 25.5. The number of rotatable bonds is 10. The molecule has 3 amide bonds. The van der Waals surface area contributed by atoms with Crippen molar-refractivity contribution < 1.29 is 23.8 Å². The third-order valence-corrected chi connectivity index (χ3v) is 6.89. The summed E-state index contributed by atoms with van der Waals surface area (Å²) in [6.07, 6.45) is 0. The van der Waals surface area contributed by atoms with Crippen molar-refractivity contribution in [2.75, 3.05) is 38.9 Å². The summed E-state index contributed by atoms with van der Waals surface area (Å²) < 4.78 is 16.1. The third-order valence-electron chi connectivity index (χ3n) is 6.03. The topological polar surface area (TPSA) is 80.3 Å². The number of carbonyl (C=O) groups is 2. The van der Waals surface area contributed by atoms with Gasteiger partial charge >= 0.3 is 6.03 Å². The molecule has 0 bridgehead atoms. The Hall–Kier alpha value is -3.56. The molecule has 2 heterocycles. The number of hydrogen-bond acceptors (Lipinski definition) is 6. The molecule has 0 saturated heterocycles. The van der Waals surface area contributed by atoms with Crippen molar-refractivity contribution in [1.29, 1.82) is 0 Å². The van der Waals surface area contributed by atoms with Crippen LogP contribution in [0.4, 0.5) is 10.5 Å². The average molecular weight is 510 g/mol. The Morgan fingerprint density at radius 1 is 1.00 bits per heavy atom. The number of hydrogen-bond donors (Lipinski definition) is 1.